The molecule has 1 N–H and O–H groups in total. The van der Waals surface area contributed by atoms with Gasteiger partial charge in [-0.1, -0.05) is 29.5 Å². The summed E-state index contributed by atoms with van der Waals surface area (Å²) in [6, 6.07) is 12.0. The fourth-order valence-electron chi connectivity index (χ4n) is 2.38. The molecule has 0 spiro atoms. The zero-order valence-electron chi connectivity index (χ0n) is 11.8. The van der Waals surface area contributed by atoms with Gasteiger partial charge in [0.1, 0.15) is 11.5 Å². The summed E-state index contributed by atoms with van der Waals surface area (Å²) in [5, 5.41) is 14.6. The Morgan fingerprint density at radius 3 is 2.70 bits per heavy atom. The predicted octanol–water partition coefficient (Wildman–Crippen LogP) is 3.15. The van der Waals surface area contributed by atoms with E-state index in [0.717, 1.165) is 0 Å². The number of rotatable bonds is 3. The van der Waals surface area contributed by atoms with E-state index in [4.69, 9.17) is 0 Å². The van der Waals surface area contributed by atoms with Crippen molar-refractivity contribution in [3.8, 4) is 22.0 Å². The highest BCUT2D eigenvalue weighted by Gasteiger charge is 2.19. The average molecular weight is 326 g/mol. The van der Waals surface area contributed by atoms with E-state index in [1.54, 1.807) is 28.9 Å². The lowest BCUT2D eigenvalue weighted by Gasteiger charge is -2.00. The number of imidazole rings is 1. The van der Waals surface area contributed by atoms with Crippen LogP contribution in [0.15, 0.2) is 48.7 Å². The van der Waals surface area contributed by atoms with E-state index in [9.17, 15) is 9.50 Å². The normalized spacial score (nSPS) is 11.2. The van der Waals surface area contributed by atoms with Crippen LogP contribution < -0.4 is 0 Å². The molecule has 0 saturated carbocycles. The van der Waals surface area contributed by atoms with Crippen molar-refractivity contribution in [2.45, 2.75) is 6.61 Å². The molecule has 3 heterocycles. The first kappa shape index (κ1) is 14.0. The fraction of sp³-hybridized carbons (Fsp3) is 0.0625. The third-order valence-electron chi connectivity index (χ3n) is 3.46. The summed E-state index contributed by atoms with van der Waals surface area (Å²) in [5.74, 6) is -0.333. The van der Waals surface area contributed by atoms with E-state index in [0.29, 0.717) is 32.6 Å². The molecule has 0 bridgehead atoms. The summed E-state index contributed by atoms with van der Waals surface area (Å²) in [5.41, 5.74) is 2.22. The standard InChI is InChI=1S/C16H11FN4OS/c17-11-6-2-1-5-10(11)15-20-21-13(9-22)14(19-16(21)23-15)12-7-3-4-8-18-12/h1-8,22H,9H2. The van der Waals surface area contributed by atoms with E-state index in [2.05, 4.69) is 15.1 Å². The maximum absolute atomic E-state index is 13.9. The highest BCUT2D eigenvalue weighted by Crippen LogP contribution is 2.31. The maximum atomic E-state index is 13.9. The maximum Gasteiger partial charge on any atom is 0.213 e. The van der Waals surface area contributed by atoms with Crippen molar-refractivity contribution >= 4 is 16.3 Å². The molecular weight excluding hydrogens is 315 g/mol. The Morgan fingerprint density at radius 2 is 1.96 bits per heavy atom. The summed E-state index contributed by atoms with van der Waals surface area (Å²) in [6.45, 7) is -0.229. The quantitative estimate of drug-likeness (QED) is 0.628. The van der Waals surface area contributed by atoms with Crippen LogP contribution in [0.2, 0.25) is 0 Å². The van der Waals surface area contributed by atoms with Crippen LogP contribution in [0.25, 0.3) is 26.9 Å². The first-order valence-electron chi connectivity index (χ1n) is 6.93. The molecule has 0 atom stereocenters. The molecule has 0 aliphatic carbocycles. The van der Waals surface area contributed by atoms with Gasteiger partial charge in [0.2, 0.25) is 4.96 Å². The average Bonchev–Trinajstić information content (AvgIpc) is 3.13. The Hall–Kier alpha value is -2.64. The zero-order valence-corrected chi connectivity index (χ0v) is 12.7. The number of nitrogens with zero attached hydrogens (tertiary/aromatic N) is 4. The van der Waals surface area contributed by atoms with Crippen molar-refractivity contribution < 1.29 is 9.50 Å². The van der Waals surface area contributed by atoms with Crippen LogP contribution in [-0.2, 0) is 6.61 Å². The molecule has 0 radical (unpaired) electrons. The smallest absolute Gasteiger partial charge is 0.213 e. The molecule has 0 aliphatic heterocycles. The van der Waals surface area contributed by atoms with Gasteiger partial charge in [0.05, 0.1) is 18.0 Å². The molecule has 4 rings (SSSR count). The second-order valence-electron chi connectivity index (χ2n) is 4.86. The number of hydrogen-bond acceptors (Lipinski definition) is 5. The van der Waals surface area contributed by atoms with Gasteiger partial charge < -0.3 is 5.11 Å². The van der Waals surface area contributed by atoms with Crippen molar-refractivity contribution in [1.82, 2.24) is 19.6 Å². The van der Waals surface area contributed by atoms with Crippen LogP contribution in [0.5, 0.6) is 0 Å². The third kappa shape index (κ3) is 2.30. The molecule has 1 aromatic carbocycles. The predicted molar refractivity (Wildman–Crippen MR) is 85.4 cm³/mol. The van der Waals surface area contributed by atoms with E-state index in [1.165, 1.54) is 17.4 Å². The molecule has 7 heteroatoms. The van der Waals surface area contributed by atoms with Gasteiger partial charge in [-0.3, -0.25) is 4.98 Å². The lowest BCUT2D eigenvalue weighted by Crippen LogP contribution is -1.96. The number of benzene rings is 1. The summed E-state index contributed by atoms with van der Waals surface area (Å²) in [4.78, 5) is 9.35. The Labute approximate surface area is 134 Å². The molecule has 3 aromatic heterocycles. The molecule has 23 heavy (non-hydrogen) atoms. The monoisotopic (exact) mass is 326 g/mol. The van der Waals surface area contributed by atoms with Crippen LogP contribution >= 0.6 is 11.3 Å². The minimum atomic E-state index is -0.333. The number of aliphatic hydroxyl groups excluding tert-OH is 1. The molecule has 0 amide bonds. The number of halogens is 1. The SMILES string of the molecule is OCc1c(-c2ccccn2)nc2sc(-c3ccccc3F)nn12. The van der Waals surface area contributed by atoms with Gasteiger partial charge >= 0.3 is 0 Å². The largest absolute Gasteiger partial charge is 0.390 e. The minimum Gasteiger partial charge on any atom is -0.390 e. The lowest BCUT2D eigenvalue weighted by molar-refractivity contribution is 0.275. The number of hydrogen-bond donors (Lipinski definition) is 1. The number of fused-ring (bicyclic) bond motifs is 1. The second-order valence-corrected chi connectivity index (χ2v) is 5.82. The van der Waals surface area contributed by atoms with Crippen molar-refractivity contribution in [3.05, 3.63) is 60.2 Å². The van der Waals surface area contributed by atoms with Gasteiger partial charge in [-0.15, -0.1) is 0 Å². The second kappa shape index (κ2) is 5.53. The lowest BCUT2D eigenvalue weighted by atomic mass is 10.2. The summed E-state index contributed by atoms with van der Waals surface area (Å²) in [6.07, 6.45) is 1.67. The molecule has 0 fully saturated rings. The van der Waals surface area contributed by atoms with Gasteiger partial charge in [0, 0.05) is 11.8 Å². The van der Waals surface area contributed by atoms with E-state index in [-0.39, 0.29) is 12.4 Å². The molecule has 0 aliphatic rings. The molecule has 5 nitrogen and oxygen atoms in total. The summed E-state index contributed by atoms with van der Waals surface area (Å²) < 4.78 is 15.5. The van der Waals surface area contributed by atoms with Gasteiger partial charge in [-0.05, 0) is 24.3 Å². The van der Waals surface area contributed by atoms with E-state index < -0.39 is 0 Å². The molecule has 0 saturated heterocycles. The van der Waals surface area contributed by atoms with Crippen LogP contribution in [0.1, 0.15) is 5.69 Å². The van der Waals surface area contributed by atoms with Gasteiger partial charge in [-0.2, -0.15) is 5.10 Å². The van der Waals surface area contributed by atoms with Crippen LogP contribution in [-0.4, -0.2) is 24.7 Å². The minimum absolute atomic E-state index is 0.229. The fourth-order valence-corrected chi connectivity index (χ4v) is 3.33. The number of aromatic nitrogens is 4. The topological polar surface area (TPSA) is 63.3 Å². The highest BCUT2D eigenvalue weighted by molar-refractivity contribution is 7.19. The van der Waals surface area contributed by atoms with Crippen molar-refractivity contribution in [3.63, 3.8) is 0 Å². The Bertz CT molecular complexity index is 980. The Balaban J connectivity index is 1.89. The van der Waals surface area contributed by atoms with Crippen molar-refractivity contribution in [1.29, 1.82) is 0 Å². The van der Waals surface area contributed by atoms with Crippen LogP contribution in [0, 0.1) is 5.82 Å². The van der Waals surface area contributed by atoms with Gasteiger partial charge in [0.15, 0.2) is 5.01 Å². The first-order valence-corrected chi connectivity index (χ1v) is 7.75. The summed E-state index contributed by atoms with van der Waals surface area (Å²) >= 11 is 1.27. The van der Waals surface area contributed by atoms with Crippen molar-refractivity contribution in [2.75, 3.05) is 0 Å². The van der Waals surface area contributed by atoms with Crippen LogP contribution in [0.4, 0.5) is 4.39 Å². The zero-order chi connectivity index (χ0) is 15.8. The molecule has 4 aromatic rings. The first-order chi connectivity index (χ1) is 11.3. The highest BCUT2D eigenvalue weighted by atomic mass is 32.1. The molecular formula is C16H11FN4OS. The van der Waals surface area contributed by atoms with E-state index >= 15 is 0 Å². The van der Waals surface area contributed by atoms with Gasteiger partial charge in [0.25, 0.3) is 0 Å². The van der Waals surface area contributed by atoms with Crippen molar-refractivity contribution in [2.24, 2.45) is 0 Å². The molecule has 114 valence electrons. The molecule has 0 unspecified atom stereocenters. The number of pyridine rings is 1. The Morgan fingerprint density at radius 1 is 1.13 bits per heavy atom. The Kier molecular flexibility index (Phi) is 3.36. The van der Waals surface area contributed by atoms with Gasteiger partial charge in [-0.25, -0.2) is 13.9 Å². The number of aliphatic hydroxyl groups is 1. The third-order valence-corrected chi connectivity index (χ3v) is 4.40. The summed E-state index contributed by atoms with van der Waals surface area (Å²) in [7, 11) is 0. The van der Waals surface area contributed by atoms with Crippen LogP contribution in [0.3, 0.4) is 0 Å². The van der Waals surface area contributed by atoms with E-state index in [1.807, 2.05) is 18.2 Å².